The average molecular weight is 352 g/mol. The minimum absolute atomic E-state index is 0.0787. The summed E-state index contributed by atoms with van der Waals surface area (Å²) in [6.07, 6.45) is 0.763. The topological polar surface area (TPSA) is 55.6 Å². The van der Waals surface area contributed by atoms with Gasteiger partial charge in [-0.1, -0.05) is 34.1 Å². The van der Waals surface area contributed by atoms with Gasteiger partial charge in [0, 0.05) is 28.9 Å². The smallest absolute Gasteiger partial charge is 0.175 e. The number of benzene rings is 1. The molecule has 2 aromatic rings. The molecule has 0 saturated heterocycles. The number of halogens is 1. The zero-order chi connectivity index (χ0) is 15.5. The molecule has 5 nitrogen and oxygen atoms in total. The molecule has 1 heterocycles. The Morgan fingerprint density at radius 1 is 1.29 bits per heavy atom. The Kier molecular flexibility index (Phi) is 5.11. The third kappa shape index (κ3) is 4.89. The summed E-state index contributed by atoms with van der Waals surface area (Å²) >= 11 is 3.65. The van der Waals surface area contributed by atoms with Crippen LogP contribution in [0.3, 0.4) is 0 Å². The average Bonchev–Trinajstić information content (AvgIpc) is 2.80. The summed E-state index contributed by atoms with van der Waals surface area (Å²) in [4.78, 5) is 1.50. The molecule has 2 rings (SSSR count). The molecule has 1 aromatic carbocycles. The van der Waals surface area contributed by atoms with Crippen molar-refractivity contribution in [3.8, 4) is 0 Å². The van der Waals surface area contributed by atoms with Crippen LogP contribution in [0.5, 0.6) is 0 Å². The Labute approximate surface area is 134 Å². The molecular weight excluding hydrogens is 330 g/mol. The van der Waals surface area contributed by atoms with Crippen molar-refractivity contribution in [1.29, 1.82) is 0 Å². The van der Waals surface area contributed by atoms with Crippen LogP contribution in [0.4, 0.5) is 0 Å². The number of nitrogens with one attached hydrogen (secondary N) is 1. The fourth-order valence-corrected chi connectivity index (χ4v) is 2.76. The minimum Gasteiger partial charge on any atom is -0.311 e. The summed E-state index contributed by atoms with van der Waals surface area (Å²) < 4.78 is 1.12. The zero-order valence-corrected chi connectivity index (χ0v) is 14.6. The largest absolute Gasteiger partial charge is 0.311 e. The Morgan fingerprint density at radius 3 is 2.57 bits per heavy atom. The Balaban J connectivity index is 2.19. The highest BCUT2D eigenvalue weighted by molar-refractivity contribution is 9.10. The third-order valence-electron chi connectivity index (χ3n) is 3.20. The maximum absolute atomic E-state index is 4.30. The number of hydrogen-bond donors (Lipinski definition) is 1. The molecule has 0 aliphatic heterocycles. The number of hydrogen-bond acceptors (Lipinski definition) is 4. The number of tetrazole rings is 1. The van der Waals surface area contributed by atoms with E-state index in [9.17, 15) is 0 Å². The van der Waals surface area contributed by atoms with Gasteiger partial charge >= 0.3 is 0 Å². The molecule has 1 atom stereocenters. The van der Waals surface area contributed by atoms with E-state index in [2.05, 4.69) is 75.6 Å². The fraction of sp³-hybridized carbons (Fsp3) is 0.533. The van der Waals surface area contributed by atoms with E-state index in [0.29, 0.717) is 5.92 Å². The van der Waals surface area contributed by atoms with E-state index in [1.807, 2.05) is 6.07 Å². The first-order chi connectivity index (χ1) is 9.85. The van der Waals surface area contributed by atoms with Crippen molar-refractivity contribution >= 4 is 15.9 Å². The van der Waals surface area contributed by atoms with Crippen molar-refractivity contribution in [1.82, 2.24) is 25.5 Å². The lowest BCUT2D eigenvalue weighted by Gasteiger charge is -2.25. The van der Waals surface area contributed by atoms with E-state index in [4.69, 9.17) is 0 Å². The number of aryl methyl sites for hydroxylation is 1. The second kappa shape index (κ2) is 6.66. The highest BCUT2D eigenvalue weighted by atomic mass is 79.9. The van der Waals surface area contributed by atoms with Crippen LogP contribution in [0.25, 0.3) is 0 Å². The van der Waals surface area contributed by atoms with Gasteiger partial charge in [-0.2, -0.15) is 4.80 Å². The monoisotopic (exact) mass is 351 g/mol. The molecule has 0 fully saturated rings. The molecule has 0 bridgehead atoms. The minimum atomic E-state index is 0.0787. The molecule has 6 heteroatoms. The van der Waals surface area contributed by atoms with Crippen molar-refractivity contribution in [3.63, 3.8) is 0 Å². The van der Waals surface area contributed by atoms with Gasteiger partial charge in [-0.25, -0.2) is 0 Å². The number of rotatable bonds is 5. The summed E-state index contributed by atoms with van der Waals surface area (Å²) in [6.45, 7) is 7.38. The van der Waals surface area contributed by atoms with Gasteiger partial charge in [-0.05, 0) is 37.6 Å². The summed E-state index contributed by atoms with van der Waals surface area (Å²) in [5.41, 5.74) is 1.34. The number of nitrogens with zero attached hydrogens (tertiary/aromatic N) is 4. The quantitative estimate of drug-likeness (QED) is 0.899. The summed E-state index contributed by atoms with van der Waals surface area (Å²) in [5.74, 6) is 1.07. The Hall–Kier alpha value is -1.27. The molecule has 0 amide bonds. The molecule has 0 aliphatic rings. The van der Waals surface area contributed by atoms with Gasteiger partial charge in [-0.15, -0.1) is 10.2 Å². The van der Waals surface area contributed by atoms with E-state index in [1.54, 1.807) is 7.05 Å². The van der Waals surface area contributed by atoms with Gasteiger partial charge in [0.1, 0.15) is 0 Å². The van der Waals surface area contributed by atoms with Crippen molar-refractivity contribution < 1.29 is 0 Å². The van der Waals surface area contributed by atoms with Crippen LogP contribution in [-0.2, 0) is 13.5 Å². The Morgan fingerprint density at radius 2 is 2.00 bits per heavy atom. The van der Waals surface area contributed by atoms with Crippen LogP contribution in [0, 0.1) is 0 Å². The lowest BCUT2D eigenvalue weighted by atomic mass is 9.94. The third-order valence-corrected chi connectivity index (χ3v) is 3.92. The highest BCUT2D eigenvalue weighted by Gasteiger charge is 2.20. The molecule has 1 unspecified atom stereocenters. The first-order valence-electron chi connectivity index (χ1n) is 7.07. The van der Waals surface area contributed by atoms with E-state index in [1.165, 1.54) is 10.4 Å². The van der Waals surface area contributed by atoms with Gasteiger partial charge < -0.3 is 5.32 Å². The molecule has 0 radical (unpaired) electrons. The van der Waals surface area contributed by atoms with Crippen LogP contribution >= 0.6 is 15.9 Å². The first kappa shape index (κ1) is 16.1. The standard InChI is InChI=1S/C15H22BrN5/c1-15(2,3)17-10-11(9-14-18-20-21(4)19-14)12-7-5-6-8-13(12)16/h5-8,11,17H,9-10H2,1-4H3. The molecule has 0 saturated carbocycles. The first-order valence-corrected chi connectivity index (χ1v) is 7.87. The van der Waals surface area contributed by atoms with E-state index in [-0.39, 0.29) is 5.54 Å². The van der Waals surface area contributed by atoms with Gasteiger partial charge in [0.2, 0.25) is 0 Å². The summed E-state index contributed by atoms with van der Waals surface area (Å²) in [5, 5.41) is 15.9. The van der Waals surface area contributed by atoms with Gasteiger partial charge in [0.05, 0.1) is 7.05 Å². The number of aromatic nitrogens is 4. The van der Waals surface area contributed by atoms with Crippen LogP contribution in [0.2, 0.25) is 0 Å². The summed E-state index contributed by atoms with van der Waals surface area (Å²) in [6, 6.07) is 8.32. The van der Waals surface area contributed by atoms with Crippen molar-refractivity contribution in [2.45, 2.75) is 38.6 Å². The highest BCUT2D eigenvalue weighted by Crippen LogP contribution is 2.27. The van der Waals surface area contributed by atoms with Crippen molar-refractivity contribution in [3.05, 3.63) is 40.1 Å². The maximum atomic E-state index is 4.30. The van der Waals surface area contributed by atoms with Gasteiger partial charge in [-0.3, -0.25) is 0 Å². The lowest BCUT2D eigenvalue weighted by Crippen LogP contribution is -2.39. The molecule has 1 N–H and O–H groups in total. The van der Waals surface area contributed by atoms with Crippen LogP contribution < -0.4 is 5.32 Å². The molecule has 1 aromatic heterocycles. The van der Waals surface area contributed by atoms with Crippen molar-refractivity contribution in [2.75, 3.05) is 6.54 Å². The Bertz CT molecular complexity index is 588. The SMILES string of the molecule is Cn1nnc(CC(CNC(C)(C)C)c2ccccc2Br)n1. The second-order valence-electron chi connectivity index (χ2n) is 6.25. The normalized spacial score (nSPS) is 13.4. The van der Waals surface area contributed by atoms with Crippen LogP contribution in [-0.4, -0.2) is 32.3 Å². The summed E-state index contributed by atoms with van der Waals surface area (Å²) in [7, 11) is 1.79. The predicted octanol–water partition coefficient (Wildman–Crippen LogP) is 2.69. The van der Waals surface area contributed by atoms with Gasteiger partial charge in [0.15, 0.2) is 5.82 Å². The molecule has 0 spiro atoms. The zero-order valence-electron chi connectivity index (χ0n) is 13.0. The fourth-order valence-electron chi connectivity index (χ4n) is 2.15. The van der Waals surface area contributed by atoms with E-state index in [0.717, 1.165) is 23.3 Å². The molecule has 21 heavy (non-hydrogen) atoms. The maximum Gasteiger partial charge on any atom is 0.175 e. The van der Waals surface area contributed by atoms with Gasteiger partial charge in [0.25, 0.3) is 0 Å². The van der Waals surface area contributed by atoms with Crippen LogP contribution in [0.15, 0.2) is 28.7 Å². The lowest BCUT2D eigenvalue weighted by molar-refractivity contribution is 0.402. The van der Waals surface area contributed by atoms with E-state index < -0.39 is 0 Å². The predicted molar refractivity (Wildman–Crippen MR) is 87.1 cm³/mol. The van der Waals surface area contributed by atoms with Crippen molar-refractivity contribution in [2.24, 2.45) is 7.05 Å². The van der Waals surface area contributed by atoms with Crippen LogP contribution in [0.1, 0.15) is 38.1 Å². The molecular formula is C15H22BrN5. The van der Waals surface area contributed by atoms with E-state index >= 15 is 0 Å². The second-order valence-corrected chi connectivity index (χ2v) is 7.10. The molecule has 0 aliphatic carbocycles. The molecule has 114 valence electrons.